The number of piperazine rings is 1. The molecule has 1 unspecified atom stereocenters. The lowest BCUT2D eigenvalue weighted by Gasteiger charge is -2.34. The number of carbonyl (C=O) groups excluding carboxylic acids is 2. The van der Waals surface area contributed by atoms with Crippen LogP contribution in [0.3, 0.4) is 0 Å². The number of likely N-dealkylation sites (N-methyl/N-ethyl adjacent to an activating group) is 2. The Morgan fingerprint density at radius 2 is 1.90 bits per heavy atom. The number of amides is 2. The highest BCUT2D eigenvalue weighted by Crippen LogP contribution is 2.20. The normalized spacial score (nSPS) is 17.3. The summed E-state index contributed by atoms with van der Waals surface area (Å²) in [6.07, 6.45) is 0. The molecule has 0 spiro atoms. The Morgan fingerprint density at radius 1 is 1.19 bits per heavy atom. The Labute approximate surface area is 125 Å². The van der Waals surface area contributed by atoms with Crippen molar-refractivity contribution in [3.8, 4) is 0 Å². The predicted octanol–water partition coefficient (Wildman–Crippen LogP) is 0.865. The molecule has 1 aromatic rings. The third kappa shape index (κ3) is 3.24. The highest BCUT2D eigenvalue weighted by molar-refractivity contribution is 6.35. The lowest BCUT2D eigenvalue weighted by atomic mass is 9.98. The fourth-order valence-electron chi connectivity index (χ4n) is 2.73. The molecule has 21 heavy (non-hydrogen) atoms. The topological polar surface area (TPSA) is 52.6 Å². The van der Waals surface area contributed by atoms with E-state index in [0.29, 0.717) is 19.6 Å². The molecule has 5 nitrogen and oxygen atoms in total. The summed E-state index contributed by atoms with van der Waals surface area (Å²) in [5, 5.41) is 3.25. The van der Waals surface area contributed by atoms with Gasteiger partial charge in [-0.3, -0.25) is 9.59 Å². The minimum atomic E-state index is -0.420. The summed E-state index contributed by atoms with van der Waals surface area (Å²) < 4.78 is 0. The van der Waals surface area contributed by atoms with Crippen molar-refractivity contribution < 1.29 is 9.59 Å². The van der Waals surface area contributed by atoms with Crippen LogP contribution < -0.4 is 5.32 Å². The maximum Gasteiger partial charge on any atom is 0.312 e. The molecular weight excluding hydrogens is 266 g/mol. The molecule has 0 saturated carbocycles. The lowest BCUT2D eigenvalue weighted by molar-refractivity contribution is -0.155. The van der Waals surface area contributed by atoms with Crippen LogP contribution in [0.1, 0.15) is 22.7 Å². The third-order valence-electron chi connectivity index (χ3n) is 4.07. The van der Waals surface area contributed by atoms with Gasteiger partial charge in [0.25, 0.3) is 0 Å². The number of carbonyl (C=O) groups is 2. The van der Waals surface area contributed by atoms with E-state index in [9.17, 15) is 9.59 Å². The molecule has 0 bridgehead atoms. The molecule has 2 amide bonds. The van der Waals surface area contributed by atoms with Crippen LogP contribution in [-0.4, -0.2) is 55.3 Å². The van der Waals surface area contributed by atoms with Crippen LogP contribution in [0.15, 0.2) is 18.2 Å². The average Bonchev–Trinajstić information content (AvgIpc) is 2.45. The molecule has 1 fully saturated rings. The maximum atomic E-state index is 12.1. The van der Waals surface area contributed by atoms with Gasteiger partial charge in [-0.25, -0.2) is 0 Å². The smallest absolute Gasteiger partial charge is 0.312 e. The van der Waals surface area contributed by atoms with Crippen LogP contribution in [0.2, 0.25) is 0 Å². The molecule has 0 aliphatic carbocycles. The zero-order valence-corrected chi connectivity index (χ0v) is 13.1. The first-order valence-electron chi connectivity index (χ1n) is 7.22. The number of hydrogen-bond donors (Lipinski definition) is 1. The quantitative estimate of drug-likeness (QED) is 0.837. The summed E-state index contributed by atoms with van der Waals surface area (Å²) >= 11 is 0. The number of rotatable bonds is 4. The second-order valence-corrected chi connectivity index (χ2v) is 5.68. The highest BCUT2D eigenvalue weighted by Gasteiger charge is 2.31. The molecule has 1 N–H and O–H groups in total. The second kappa shape index (κ2) is 6.26. The third-order valence-corrected chi connectivity index (χ3v) is 4.07. The Morgan fingerprint density at radius 3 is 2.52 bits per heavy atom. The fourth-order valence-corrected chi connectivity index (χ4v) is 2.73. The van der Waals surface area contributed by atoms with E-state index in [1.807, 2.05) is 7.05 Å². The van der Waals surface area contributed by atoms with Crippen LogP contribution in [-0.2, 0) is 9.59 Å². The molecule has 0 aromatic heterocycles. The SMILES string of the molecule is CNC(CN1CCN(C)C(=O)C1=O)c1ccc(C)cc1C. The van der Waals surface area contributed by atoms with Crippen molar-refractivity contribution in [1.29, 1.82) is 0 Å². The minimum Gasteiger partial charge on any atom is -0.336 e. The molecule has 1 aromatic carbocycles. The molecule has 5 heteroatoms. The van der Waals surface area contributed by atoms with Crippen LogP contribution in [0, 0.1) is 13.8 Å². The van der Waals surface area contributed by atoms with Gasteiger partial charge in [-0.1, -0.05) is 23.8 Å². The van der Waals surface area contributed by atoms with Gasteiger partial charge in [-0.2, -0.15) is 0 Å². The minimum absolute atomic E-state index is 0.0331. The number of benzene rings is 1. The molecule has 1 aliphatic rings. The molecule has 1 saturated heterocycles. The zero-order chi connectivity index (χ0) is 15.6. The number of nitrogens with one attached hydrogen (secondary N) is 1. The van der Waals surface area contributed by atoms with Crippen LogP contribution in [0.4, 0.5) is 0 Å². The van der Waals surface area contributed by atoms with Crippen molar-refractivity contribution in [1.82, 2.24) is 15.1 Å². The summed E-state index contributed by atoms with van der Waals surface area (Å²) in [7, 11) is 3.55. The van der Waals surface area contributed by atoms with Crippen molar-refractivity contribution in [3.63, 3.8) is 0 Å². The zero-order valence-electron chi connectivity index (χ0n) is 13.1. The summed E-state index contributed by atoms with van der Waals surface area (Å²) in [4.78, 5) is 27.0. The van der Waals surface area contributed by atoms with Crippen molar-refractivity contribution in [3.05, 3.63) is 34.9 Å². The number of aryl methyl sites for hydroxylation is 2. The Bertz CT molecular complexity index is 556. The standard InChI is InChI=1S/C16H23N3O2/c1-11-5-6-13(12(2)9-11)14(17-3)10-19-8-7-18(4)15(20)16(19)21/h5-6,9,14,17H,7-8,10H2,1-4H3. The Balaban J connectivity index is 2.16. The van der Waals surface area contributed by atoms with Crippen LogP contribution >= 0.6 is 0 Å². The van der Waals surface area contributed by atoms with E-state index in [1.54, 1.807) is 11.9 Å². The van der Waals surface area contributed by atoms with Crippen molar-refractivity contribution >= 4 is 11.8 Å². The van der Waals surface area contributed by atoms with E-state index < -0.39 is 11.8 Å². The van der Waals surface area contributed by atoms with E-state index in [1.165, 1.54) is 21.6 Å². The van der Waals surface area contributed by atoms with E-state index in [4.69, 9.17) is 0 Å². The van der Waals surface area contributed by atoms with Gasteiger partial charge >= 0.3 is 11.8 Å². The highest BCUT2D eigenvalue weighted by atomic mass is 16.2. The lowest BCUT2D eigenvalue weighted by Crippen LogP contribution is -2.54. The van der Waals surface area contributed by atoms with Crippen LogP contribution in [0.5, 0.6) is 0 Å². The summed E-state index contributed by atoms with van der Waals surface area (Å²) in [6, 6.07) is 6.33. The van der Waals surface area contributed by atoms with Gasteiger partial charge in [0.1, 0.15) is 0 Å². The molecule has 1 heterocycles. The van der Waals surface area contributed by atoms with Gasteiger partial charge in [-0.05, 0) is 32.0 Å². The van der Waals surface area contributed by atoms with Crippen molar-refractivity contribution in [2.24, 2.45) is 0 Å². The molecule has 2 rings (SSSR count). The summed E-state index contributed by atoms with van der Waals surface area (Å²) in [5.41, 5.74) is 3.58. The number of hydrogen-bond acceptors (Lipinski definition) is 3. The molecular formula is C16H23N3O2. The summed E-state index contributed by atoms with van der Waals surface area (Å²) in [6.45, 7) is 5.83. The maximum absolute atomic E-state index is 12.1. The fraction of sp³-hybridized carbons (Fsp3) is 0.500. The summed E-state index contributed by atoms with van der Waals surface area (Å²) in [5.74, 6) is -0.828. The van der Waals surface area contributed by atoms with Crippen LogP contribution in [0.25, 0.3) is 0 Å². The first-order chi connectivity index (χ1) is 9.93. The van der Waals surface area contributed by atoms with Crippen molar-refractivity contribution in [2.45, 2.75) is 19.9 Å². The largest absolute Gasteiger partial charge is 0.336 e. The molecule has 0 radical (unpaired) electrons. The van der Waals surface area contributed by atoms with Crippen molar-refractivity contribution in [2.75, 3.05) is 33.7 Å². The first-order valence-corrected chi connectivity index (χ1v) is 7.22. The second-order valence-electron chi connectivity index (χ2n) is 5.68. The Hall–Kier alpha value is -1.88. The first kappa shape index (κ1) is 15.5. The van der Waals surface area contributed by atoms with E-state index in [-0.39, 0.29) is 6.04 Å². The Kier molecular flexibility index (Phi) is 4.63. The molecule has 1 atom stereocenters. The van der Waals surface area contributed by atoms with Gasteiger partial charge in [-0.15, -0.1) is 0 Å². The van der Waals surface area contributed by atoms with Gasteiger partial charge in [0, 0.05) is 32.7 Å². The molecule has 114 valence electrons. The van der Waals surface area contributed by atoms with Gasteiger partial charge in [0.15, 0.2) is 0 Å². The molecule has 1 aliphatic heterocycles. The van der Waals surface area contributed by atoms with E-state index >= 15 is 0 Å². The van der Waals surface area contributed by atoms with Gasteiger partial charge in [0.05, 0.1) is 0 Å². The van der Waals surface area contributed by atoms with Gasteiger partial charge in [0.2, 0.25) is 0 Å². The monoisotopic (exact) mass is 289 g/mol. The number of nitrogens with zero attached hydrogens (tertiary/aromatic N) is 2. The average molecular weight is 289 g/mol. The predicted molar refractivity (Wildman–Crippen MR) is 81.9 cm³/mol. The van der Waals surface area contributed by atoms with E-state index in [0.717, 1.165) is 0 Å². The van der Waals surface area contributed by atoms with E-state index in [2.05, 4.69) is 37.4 Å². The van der Waals surface area contributed by atoms with Gasteiger partial charge < -0.3 is 15.1 Å².